The molecule has 0 aliphatic rings. The largest absolute Gasteiger partial charge is 0.354 e. The molecule has 1 aromatic carbocycles. The minimum Gasteiger partial charge on any atom is -0.354 e. The number of benzene rings is 1. The van der Waals surface area contributed by atoms with Crippen LogP contribution in [0, 0.1) is 5.41 Å². The van der Waals surface area contributed by atoms with Crippen LogP contribution in [0.1, 0.15) is 79.4 Å². The van der Waals surface area contributed by atoms with Crippen LogP contribution in [0.25, 0.3) is 0 Å². The molecule has 1 amide bonds. The van der Waals surface area contributed by atoms with Gasteiger partial charge < -0.3 is 11.1 Å². The van der Waals surface area contributed by atoms with Crippen LogP contribution < -0.4 is 11.1 Å². The molecule has 0 saturated carbocycles. The first kappa shape index (κ1) is 21.7. The lowest BCUT2D eigenvalue weighted by Crippen LogP contribution is -2.43. The predicted molar refractivity (Wildman–Crippen MR) is 108 cm³/mol. The zero-order chi connectivity index (χ0) is 19.5. The molecular weight excluding hydrogens is 308 g/mol. The molecule has 1 aromatic rings. The van der Waals surface area contributed by atoms with E-state index >= 15 is 0 Å². The van der Waals surface area contributed by atoms with E-state index < -0.39 is 0 Å². The maximum atomic E-state index is 10.8. The fraction of sp³-hybridized carbons (Fsp3) is 0.682. The molecule has 0 aliphatic carbocycles. The first-order chi connectivity index (χ1) is 11.2. The highest BCUT2D eigenvalue weighted by atomic mass is 16.1. The molecule has 1 rings (SSSR count). The Labute approximate surface area is 154 Å². The Morgan fingerprint density at radius 2 is 1.24 bits per heavy atom. The molecule has 0 aromatic heterocycles. The zero-order valence-corrected chi connectivity index (χ0v) is 17.5. The highest BCUT2D eigenvalue weighted by Gasteiger charge is 2.32. The van der Waals surface area contributed by atoms with Crippen molar-refractivity contribution in [3.63, 3.8) is 0 Å². The van der Waals surface area contributed by atoms with E-state index in [1.165, 1.54) is 11.1 Å². The SMILES string of the molecule is CC(C)(CN)CC(C)(C)c1ccc(C(C)(C)CC(C)(C)NC=O)cc1. The van der Waals surface area contributed by atoms with Gasteiger partial charge in [-0.1, -0.05) is 65.8 Å². The third-order valence-corrected chi connectivity index (χ3v) is 5.25. The van der Waals surface area contributed by atoms with Gasteiger partial charge in [-0.3, -0.25) is 4.79 Å². The Balaban J connectivity index is 3.00. The minimum absolute atomic E-state index is 0.0152. The quantitative estimate of drug-likeness (QED) is 0.645. The molecule has 142 valence electrons. The summed E-state index contributed by atoms with van der Waals surface area (Å²) < 4.78 is 0. The molecule has 0 heterocycles. The molecule has 0 unspecified atom stereocenters. The van der Waals surface area contributed by atoms with Crippen molar-refractivity contribution >= 4 is 6.41 Å². The van der Waals surface area contributed by atoms with Gasteiger partial charge in [0.15, 0.2) is 0 Å². The second-order valence-electron chi connectivity index (χ2n) is 10.2. The van der Waals surface area contributed by atoms with Crippen molar-refractivity contribution in [1.29, 1.82) is 0 Å². The number of carbonyl (C=O) groups is 1. The lowest BCUT2D eigenvalue weighted by molar-refractivity contribution is -0.111. The van der Waals surface area contributed by atoms with Gasteiger partial charge in [0, 0.05) is 5.54 Å². The van der Waals surface area contributed by atoms with Gasteiger partial charge in [0.1, 0.15) is 0 Å². The molecule has 3 nitrogen and oxygen atoms in total. The number of hydrogen-bond donors (Lipinski definition) is 2. The molecule has 0 bridgehead atoms. The van der Waals surface area contributed by atoms with Gasteiger partial charge in [-0.05, 0) is 60.6 Å². The van der Waals surface area contributed by atoms with Gasteiger partial charge in [0.2, 0.25) is 6.41 Å². The third kappa shape index (κ3) is 6.14. The zero-order valence-electron chi connectivity index (χ0n) is 17.5. The van der Waals surface area contributed by atoms with E-state index in [2.05, 4.69) is 85.0 Å². The van der Waals surface area contributed by atoms with Gasteiger partial charge in [-0.15, -0.1) is 0 Å². The molecule has 0 saturated heterocycles. The van der Waals surface area contributed by atoms with E-state index in [-0.39, 0.29) is 21.8 Å². The number of nitrogens with one attached hydrogen (secondary N) is 1. The van der Waals surface area contributed by atoms with E-state index in [0.29, 0.717) is 6.54 Å². The second kappa shape index (κ2) is 7.49. The summed E-state index contributed by atoms with van der Waals surface area (Å²) in [5.41, 5.74) is 8.54. The number of carbonyl (C=O) groups excluding carboxylic acids is 1. The fourth-order valence-electron chi connectivity index (χ4n) is 4.16. The van der Waals surface area contributed by atoms with Gasteiger partial charge in [-0.25, -0.2) is 0 Å². The van der Waals surface area contributed by atoms with Gasteiger partial charge in [0.25, 0.3) is 0 Å². The Bertz CT molecular complexity index is 568. The Hall–Kier alpha value is -1.35. The predicted octanol–water partition coefficient (Wildman–Crippen LogP) is 4.53. The number of rotatable bonds is 9. The van der Waals surface area contributed by atoms with Crippen LogP contribution in [-0.2, 0) is 15.6 Å². The maximum absolute atomic E-state index is 10.8. The van der Waals surface area contributed by atoms with Crippen LogP contribution in [0.3, 0.4) is 0 Å². The van der Waals surface area contributed by atoms with Crippen LogP contribution in [-0.4, -0.2) is 18.5 Å². The summed E-state index contributed by atoms with van der Waals surface area (Å²) in [5.74, 6) is 0. The average Bonchev–Trinajstić information content (AvgIpc) is 2.45. The number of amides is 1. The Morgan fingerprint density at radius 1 is 0.840 bits per heavy atom. The summed E-state index contributed by atoms with van der Waals surface area (Å²) in [6.45, 7) is 18.3. The van der Waals surface area contributed by atoms with Crippen LogP contribution in [0.5, 0.6) is 0 Å². The normalized spacial score (nSPS) is 13.6. The van der Waals surface area contributed by atoms with Crippen LogP contribution in [0.15, 0.2) is 24.3 Å². The minimum atomic E-state index is -0.228. The van der Waals surface area contributed by atoms with Gasteiger partial charge in [0.05, 0.1) is 0 Å². The highest BCUT2D eigenvalue weighted by molar-refractivity contribution is 5.47. The van der Waals surface area contributed by atoms with Gasteiger partial charge >= 0.3 is 0 Å². The van der Waals surface area contributed by atoms with Crippen LogP contribution >= 0.6 is 0 Å². The van der Waals surface area contributed by atoms with Gasteiger partial charge in [-0.2, -0.15) is 0 Å². The second-order valence-corrected chi connectivity index (χ2v) is 10.2. The molecule has 3 heteroatoms. The van der Waals surface area contributed by atoms with Crippen molar-refractivity contribution in [2.75, 3.05) is 6.54 Å². The first-order valence-corrected chi connectivity index (χ1v) is 9.27. The van der Waals surface area contributed by atoms with Crippen molar-refractivity contribution in [1.82, 2.24) is 5.32 Å². The molecular formula is C22H38N2O. The molecule has 25 heavy (non-hydrogen) atoms. The summed E-state index contributed by atoms with van der Waals surface area (Å²) in [7, 11) is 0. The van der Waals surface area contributed by atoms with Crippen molar-refractivity contribution < 1.29 is 4.79 Å². The Morgan fingerprint density at radius 3 is 1.60 bits per heavy atom. The summed E-state index contributed by atoms with van der Waals surface area (Å²) in [6.07, 6.45) is 2.72. The van der Waals surface area contributed by atoms with E-state index in [1.54, 1.807) is 0 Å². The molecule has 0 fully saturated rings. The maximum Gasteiger partial charge on any atom is 0.207 e. The number of hydrogen-bond acceptors (Lipinski definition) is 2. The van der Waals surface area contributed by atoms with Crippen molar-refractivity contribution in [3.05, 3.63) is 35.4 Å². The highest BCUT2D eigenvalue weighted by Crippen LogP contribution is 2.38. The average molecular weight is 347 g/mol. The first-order valence-electron chi connectivity index (χ1n) is 9.27. The van der Waals surface area contributed by atoms with Crippen LogP contribution in [0.2, 0.25) is 0 Å². The van der Waals surface area contributed by atoms with Crippen molar-refractivity contribution in [2.45, 2.75) is 84.6 Å². The Kier molecular flexibility index (Phi) is 6.50. The summed E-state index contributed by atoms with van der Waals surface area (Å²) >= 11 is 0. The molecule has 3 N–H and O–H groups in total. The van der Waals surface area contributed by atoms with E-state index in [1.807, 2.05) is 0 Å². The third-order valence-electron chi connectivity index (χ3n) is 5.25. The van der Waals surface area contributed by atoms with E-state index in [0.717, 1.165) is 19.3 Å². The monoisotopic (exact) mass is 346 g/mol. The topological polar surface area (TPSA) is 55.1 Å². The summed E-state index contributed by atoms with van der Waals surface area (Å²) in [4.78, 5) is 10.8. The fourth-order valence-corrected chi connectivity index (χ4v) is 4.16. The smallest absolute Gasteiger partial charge is 0.207 e. The summed E-state index contributed by atoms with van der Waals surface area (Å²) in [5, 5.41) is 2.92. The lowest BCUT2D eigenvalue weighted by Gasteiger charge is -2.37. The molecule has 0 aliphatic heterocycles. The van der Waals surface area contributed by atoms with Crippen molar-refractivity contribution in [3.8, 4) is 0 Å². The van der Waals surface area contributed by atoms with E-state index in [9.17, 15) is 4.79 Å². The lowest BCUT2D eigenvalue weighted by atomic mass is 9.70. The van der Waals surface area contributed by atoms with E-state index in [4.69, 9.17) is 5.73 Å². The number of nitrogens with two attached hydrogens (primary N) is 1. The molecule has 0 radical (unpaired) electrons. The standard InChI is InChI=1S/C22H38N2O/c1-19(2,15-23)13-20(3,4)17-9-11-18(12-10-17)21(5,6)14-22(7,8)24-16-25/h9-12,16H,13-15,23H2,1-8H3,(H,24,25). The summed E-state index contributed by atoms with van der Waals surface area (Å²) in [6, 6.07) is 8.99. The molecule has 0 atom stereocenters. The van der Waals surface area contributed by atoms with Crippen molar-refractivity contribution in [2.24, 2.45) is 11.1 Å². The molecule has 0 spiro atoms. The van der Waals surface area contributed by atoms with Crippen LogP contribution in [0.4, 0.5) is 0 Å².